The zero-order chi connectivity index (χ0) is 21.3. The third-order valence-electron chi connectivity index (χ3n) is 4.07. The maximum Gasteiger partial charge on any atom is 0.272 e. The first kappa shape index (κ1) is 21.9. The van der Waals surface area contributed by atoms with Gasteiger partial charge in [-0.15, -0.1) is 0 Å². The van der Waals surface area contributed by atoms with E-state index in [1.54, 1.807) is 24.4 Å². The molecule has 0 bridgehead atoms. The molecule has 0 saturated carbocycles. The summed E-state index contributed by atoms with van der Waals surface area (Å²) in [6, 6.07) is 20.1. The molecule has 3 rings (SSSR count). The van der Waals surface area contributed by atoms with E-state index in [4.69, 9.17) is 21.1 Å². The van der Waals surface area contributed by atoms with E-state index in [1.807, 2.05) is 55.5 Å². The van der Waals surface area contributed by atoms with Gasteiger partial charge in [0.05, 0.1) is 18.4 Å². The number of nitrogens with one attached hydrogen (secondary N) is 1. The number of ether oxygens (including phenoxy) is 2. The molecule has 1 amide bonds. The molecular weight excluding hydrogens is 468 g/mol. The average molecular weight is 488 g/mol. The van der Waals surface area contributed by atoms with E-state index in [-0.39, 0.29) is 5.91 Å². The van der Waals surface area contributed by atoms with Gasteiger partial charge in [0, 0.05) is 9.50 Å². The topological polar surface area (TPSA) is 59.9 Å². The van der Waals surface area contributed by atoms with Crippen molar-refractivity contribution in [1.29, 1.82) is 0 Å². The van der Waals surface area contributed by atoms with Crippen LogP contribution in [0.5, 0.6) is 11.5 Å². The van der Waals surface area contributed by atoms with Gasteiger partial charge >= 0.3 is 0 Å². The minimum Gasteiger partial charge on any atom is -0.490 e. The second-order valence-corrected chi connectivity index (χ2v) is 7.52. The van der Waals surface area contributed by atoms with Crippen molar-refractivity contribution in [2.75, 3.05) is 6.61 Å². The molecule has 5 nitrogen and oxygen atoms in total. The molecular formula is C23H20BrClN2O3. The molecule has 0 unspecified atom stereocenters. The van der Waals surface area contributed by atoms with E-state index in [1.165, 1.54) is 0 Å². The summed E-state index contributed by atoms with van der Waals surface area (Å²) in [7, 11) is 0. The van der Waals surface area contributed by atoms with Gasteiger partial charge in [0.1, 0.15) is 6.61 Å². The molecule has 0 radical (unpaired) electrons. The van der Waals surface area contributed by atoms with Crippen molar-refractivity contribution in [3.05, 3.63) is 92.9 Å². The van der Waals surface area contributed by atoms with Gasteiger partial charge in [0.2, 0.25) is 0 Å². The molecule has 0 aliphatic rings. The lowest BCUT2D eigenvalue weighted by Gasteiger charge is -2.12. The highest BCUT2D eigenvalue weighted by atomic mass is 79.9. The first-order valence-electron chi connectivity index (χ1n) is 9.29. The van der Waals surface area contributed by atoms with Crippen LogP contribution in [0, 0.1) is 0 Å². The Morgan fingerprint density at radius 3 is 2.57 bits per heavy atom. The molecule has 0 aliphatic carbocycles. The van der Waals surface area contributed by atoms with E-state index < -0.39 is 0 Å². The molecule has 30 heavy (non-hydrogen) atoms. The molecule has 7 heteroatoms. The Bertz CT molecular complexity index is 1040. The summed E-state index contributed by atoms with van der Waals surface area (Å²) in [6.07, 6.45) is 1.56. The molecule has 1 N–H and O–H groups in total. The summed E-state index contributed by atoms with van der Waals surface area (Å²) in [5.41, 5.74) is 4.80. The Morgan fingerprint density at radius 2 is 1.83 bits per heavy atom. The molecule has 0 saturated heterocycles. The van der Waals surface area contributed by atoms with Crippen LogP contribution in [0.1, 0.15) is 28.4 Å². The van der Waals surface area contributed by atoms with Gasteiger partial charge in [-0.25, -0.2) is 5.43 Å². The van der Waals surface area contributed by atoms with Gasteiger partial charge in [-0.3, -0.25) is 4.79 Å². The third-order valence-corrected chi connectivity index (χ3v) is 5.02. The van der Waals surface area contributed by atoms with Gasteiger partial charge in [0.25, 0.3) is 5.91 Å². The van der Waals surface area contributed by atoms with Gasteiger partial charge in [-0.1, -0.05) is 35.9 Å². The van der Waals surface area contributed by atoms with Crippen LogP contribution in [0.2, 0.25) is 5.02 Å². The second-order valence-electron chi connectivity index (χ2n) is 6.23. The summed E-state index contributed by atoms with van der Waals surface area (Å²) >= 11 is 9.27. The van der Waals surface area contributed by atoms with Crippen molar-refractivity contribution < 1.29 is 14.3 Å². The van der Waals surface area contributed by atoms with Crippen LogP contribution < -0.4 is 14.9 Å². The molecule has 0 atom stereocenters. The lowest BCUT2D eigenvalue weighted by Crippen LogP contribution is -2.18. The van der Waals surface area contributed by atoms with E-state index in [2.05, 4.69) is 26.5 Å². The van der Waals surface area contributed by atoms with Gasteiger partial charge < -0.3 is 9.47 Å². The fourth-order valence-corrected chi connectivity index (χ4v) is 3.20. The summed E-state index contributed by atoms with van der Waals surface area (Å²) in [5.74, 6) is 0.931. The fraction of sp³-hybridized carbons (Fsp3) is 0.130. The molecule has 0 spiro atoms. The highest BCUT2D eigenvalue weighted by Crippen LogP contribution is 2.29. The zero-order valence-electron chi connectivity index (χ0n) is 16.3. The normalized spacial score (nSPS) is 10.8. The molecule has 3 aromatic carbocycles. The first-order valence-corrected chi connectivity index (χ1v) is 10.5. The van der Waals surface area contributed by atoms with Crippen molar-refractivity contribution in [2.24, 2.45) is 5.10 Å². The number of amides is 1. The number of benzene rings is 3. The first-order chi connectivity index (χ1) is 14.6. The van der Waals surface area contributed by atoms with E-state index in [9.17, 15) is 4.79 Å². The largest absolute Gasteiger partial charge is 0.490 e. The number of hydrazone groups is 1. The van der Waals surface area contributed by atoms with Crippen molar-refractivity contribution in [3.8, 4) is 11.5 Å². The minimum absolute atomic E-state index is 0.299. The highest BCUT2D eigenvalue weighted by Gasteiger charge is 2.09. The van der Waals surface area contributed by atoms with Crippen LogP contribution in [0.3, 0.4) is 0 Å². The van der Waals surface area contributed by atoms with Gasteiger partial charge in [-0.2, -0.15) is 5.10 Å². The molecule has 0 aromatic heterocycles. The van der Waals surface area contributed by atoms with Crippen LogP contribution in [0.25, 0.3) is 0 Å². The molecule has 0 aliphatic heterocycles. The average Bonchev–Trinajstić information content (AvgIpc) is 2.75. The minimum atomic E-state index is -0.299. The van der Waals surface area contributed by atoms with Crippen LogP contribution in [0.4, 0.5) is 0 Å². The summed E-state index contributed by atoms with van der Waals surface area (Å²) in [4.78, 5) is 12.2. The summed E-state index contributed by atoms with van der Waals surface area (Å²) in [6.45, 7) is 2.80. The maximum absolute atomic E-state index is 12.2. The Labute approximate surface area is 188 Å². The predicted molar refractivity (Wildman–Crippen MR) is 123 cm³/mol. The molecule has 154 valence electrons. The summed E-state index contributed by atoms with van der Waals surface area (Å²) in [5, 5.41) is 4.72. The molecule has 0 heterocycles. The number of nitrogens with zero attached hydrogens (tertiary/aromatic N) is 1. The van der Waals surface area contributed by atoms with Gasteiger partial charge in [-0.05, 0) is 76.4 Å². The lowest BCUT2D eigenvalue weighted by molar-refractivity contribution is 0.0954. The van der Waals surface area contributed by atoms with Crippen molar-refractivity contribution in [3.63, 3.8) is 0 Å². The maximum atomic E-state index is 12.2. The highest BCUT2D eigenvalue weighted by molar-refractivity contribution is 9.10. The Balaban J connectivity index is 1.66. The van der Waals surface area contributed by atoms with Crippen LogP contribution >= 0.6 is 27.5 Å². The number of hydrogen-bond donors (Lipinski definition) is 1. The number of carbonyl (C=O) groups excluding carboxylic acids is 1. The van der Waals surface area contributed by atoms with Crippen molar-refractivity contribution in [2.45, 2.75) is 13.5 Å². The monoisotopic (exact) mass is 486 g/mol. The lowest BCUT2D eigenvalue weighted by atomic mass is 10.2. The standard InChI is InChI=1S/C23H20BrClN2O3/c1-2-29-22-13-17(14-26-27-23(28)19-5-3-4-6-20(19)24)9-12-21(22)30-15-16-7-10-18(25)11-8-16/h3-14H,2,15H2,1H3,(H,27,28)/b26-14+. The summed E-state index contributed by atoms with van der Waals surface area (Å²) < 4.78 is 12.3. The van der Waals surface area contributed by atoms with Crippen molar-refractivity contribution in [1.82, 2.24) is 5.43 Å². The fourth-order valence-electron chi connectivity index (χ4n) is 2.61. The van der Waals surface area contributed by atoms with Crippen molar-refractivity contribution >= 4 is 39.7 Å². The number of rotatable bonds is 8. The quantitative estimate of drug-likeness (QED) is 0.320. The smallest absolute Gasteiger partial charge is 0.272 e. The Hall–Kier alpha value is -2.83. The number of halogens is 2. The van der Waals surface area contributed by atoms with E-state index in [0.717, 1.165) is 11.1 Å². The predicted octanol–water partition coefficient (Wildman–Crippen LogP) is 5.84. The SMILES string of the molecule is CCOc1cc(/C=N/NC(=O)c2ccccc2Br)ccc1OCc1ccc(Cl)cc1. The number of carbonyl (C=O) groups is 1. The third kappa shape index (κ3) is 6.08. The molecule has 3 aromatic rings. The zero-order valence-corrected chi connectivity index (χ0v) is 18.6. The van der Waals surface area contributed by atoms with E-state index >= 15 is 0 Å². The molecule has 0 fully saturated rings. The Morgan fingerprint density at radius 1 is 1.07 bits per heavy atom. The second kappa shape index (κ2) is 10.8. The van der Waals surface area contributed by atoms with Crippen LogP contribution in [-0.2, 0) is 6.61 Å². The van der Waals surface area contributed by atoms with Gasteiger partial charge in [0.15, 0.2) is 11.5 Å². The Kier molecular flexibility index (Phi) is 7.88. The number of hydrogen-bond acceptors (Lipinski definition) is 4. The van der Waals surface area contributed by atoms with Crippen LogP contribution in [0.15, 0.2) is 76.3 Å². The van der Waals surface area contributed by atoms with E-state index in [0.29, 0.717) is 39.8 Å². The van der Waals surface area contributed by atoms with Crippen LogP contribution in [-0.4, -0.2) is 18.7 Å².